The molecule has 1 amide bonds. The van der Waals surface area contributed by atoms with Crippen LogP contribution < -0.4 is 26.0 Å². The zero-order valence-electron chi connectivity index (χ0n) is 19.2. The average Bonchev–Trinajstić information content (AvgIpc) is 3.37. The van der Waals surface area contributed by atoms with Gasteiger partial charge < -0.3 is 19.2 Å². The SMILES string of the molecule is COc1ccc(CCNC(=O)Cn2c(=O)n(Cc3ccco3)c(=O)c3ccc(Cl)cc32)cc1OC. The number of hydrogen-bond acceptors (Lipinski definition) is 6. The summed E-state index contributed by atoms with van der Waals surface area (Å²) in [7, 11) is 3.12. The van der Waals surface area contributed by atoms with Gasteiger partial charge in [-0.15, -0.1) is 0 Å². The van der Waals surface area contributed by atoms with Gasteiger partial charge in [-0.1, -0.05) is 17.7 Å². The number of ether oxygens (including phenoxy) is 2. The highest BCUT2D eigenvalue weighted by atomic mass is 35.5. The second-order valence-corrected chi connectivity index (χ2v) is 8.23. The van der Waals surface area contributed by atoms with Gasteiger partial charge in [-0.2, -0.15) is 0 Å². The van der Waals surface area contributed by atoms with Gasteiger partial charge >= 0.3 is 5.69 Å². The predicted molar refractivity (Wildman–Crippen MR) is 132 cm³/mol. The summed E-state index contributed by atoms with van der Waals surface area (Å²) >= 11 is 6.13. The number of hydrogen-bond donors (Lipinski definition) is 1. The van der Waals surface area contributed by atoms with E-state index in [-0.39, 0.29) is 24.4 Å². The van der Waals surface area contributed by atoms with E-state index in [4.69, 9.17) is 25.5 Å². The van der Waals surface area contributed by atoms with Gasteiger partial charge in [0, 0.05) is 11.6 Å². The zero-order chi connectivity index (χ0) is 24.9. The van der Waals surface area contributed by atoms with E-state index in [1.54, 1.807) is 44.6 Å². The highest BCUT2D eigenvalue weighted by Crippen LogP contribution is 2.27. The third-order valence-electron chi connectivity index (χ3n) is 5.57. The maximum absolute atomic E-state index is 13.2. The maximum atomic E-state index is 13.2. The first kappa shape index (κ1) is 24.2. The van der Waals surface area contributed by atoms with Crippen LogP contribution in [0.2, 0.25) is 5.02 Å². The quantitative estimate of drug-likeness (QED) is 0.381. The van der Waals surface area contributed by atoms with Crippen molar-refractivity contribution in [2.45, 2.75) is 19.5 Å². The van der Waals surface area contributed by atoms with Crippen LogP contribution in [-0.4, -0.2) is 35.8 Å². The van der Waals surface area contributed by atoms with Crippen LogP contribution in [0.25, 0.3) is 10.9 Å². The topological polar surface area (TPSA) is 105 Å². The molecule has 4 aromatic rings. The second-order valence-electron chi connectivity index (χ2n) is 7.79. The van der Waals surface area contributed by atoms with Crippen molar-refractivity contribution in [3.05, 3.63) is 92.0 Å². The Hall–Kier alpha value is -3.98. The van der Waals surface area contributed by atoms with Gasteiger partial charge in [0.15, 0.2) is 11.5 Å². The molecule has 4 rings (SSSR count). The Morgan fingerprint density at radius 2 is 1.83 bits per heavy atom. The molecular formula is C25H24ClN3O6. The van der Waals surface area contributed by atoms with Gasteiger partial charge in [-0.3, -0.25) is 18.7 Å². The molecule has 0 unspecified atom stereocenters. The fourth-order valence-corrected chi connectivity index (χ4v) is 3.99. The normalized spacial score (nSPS) is 10.9. The smallest absolute Gasteiger partial charge is 0.332 e. The molecule has 0 radical (unpaired) electrons. The van der Waals surface area contributed by atoms with Crippen molar-refractivity contribution in [2.24, 2.45) is 0 Å². The van der Waals surface area contributed by atoms with E-state index in [1.165, 1.54) is 16.9 Å². The lowest BCUT2D eigenvalue weighted by Crippen LogP contribution is -2.43. The highest BCUT2D eigenvalue weighted by Gasteiger charge is 2.17. The summed E-state index contributed by atoms with van der Waals surface area (Å²) in [6.07, 6.45) is 2.01. The Kier molecular flexibility index (Phi) is 7.26. The standard InChI is InChI=1S/C25H24ClN3O6/c1-33-21-8-5-16(12-22(21)34-2)9-10-27-23(30)15-28-20-13-17(26)6-7-19(20)24(31)29(25(28)32)14-18-4-3-11-35-18/h3-8,11-13H,9-10,14-15H2,1-2H3,(H,27,30). The van der Waals surface area contributed by atoms with Gasteiger partial charge in [0.25, 0.3) is 5.56 Å². The van der Waals surface area contributed by atoms with E-state index in [2.05, 4.69) is 5.32 Å². The number of benzene rings is 2. The average molecular weight is 498 g/mol. The number of aromatic nitrogens is 2. The summed E-state index contributed by atoms with van der Waals surface area (Å²) in [6, 6.07) is 13.5. The number of amides is 1. The van der Waals surface area contributed by atoms with Crippen molar-refractivity contribution in [1.82, 2.24) is 14.5 Å². The molecule has 9 nitrogen and oxygen atoms in total. The molecule has 0 aliphatic rings. The van der Waals surface area contributed by atoms with Crippen LogP contribution in [0.4, 0.5) is 0 Å². The number of carbonyl (C=O) groups is 1. The van der Waals surface area contributed by atoms with Crippen LogP contribution in [0.1, 0.15) is 11.3 Å². The fraction of sp³-hybridized carbons (Fsp3) is 0.240. The van der Waals surface area contributed by atoms with Gasteiger partial charge in [-0.05, 0) is 54.4 Å². The van der Waals surface area contributed by atoms with Crippen LogP contribution in [0, 0.1) is 0 Å². The van der Waals surface area contributed by atoms with Gasteiger partial charge in [0.2, 0.25) is 5.91 Å². The number of carbonyl (C=O) groups excluding carboxylic acids is 1. The van der Waals surface area contributed by atoms with Gasteiger partial charge in [-0.25, -0.2) is 4.79 Å². The van der Waals surface area contributed by atoms with E-state index in [1.807, 2.05) is 12.1 Å². The van der Waals surface area contributed by atoms with Crippen LogP contribution >= 0.6 is 11.6 Å². The van der Waals surface area contributed by atoms with Crippen molar-refractivity contribution in [3.8, 4) is 11.5 Å². The third kappa shape index (κ3) is 5.25. The molecule has 1 N–H and O–H groups in total. The van der Waals surface area contributed by atoms with E-state index in [0.717, 1.165) is 10.1 Å². The Morgan fingerprint density at radius 3 is 2.54 bits per heavy atom. The third-order valence-corrected chi connectivity index (χ3v) is 5.80. The van der Waals surface area contributed by atoms with Crippen molar-refractivity contribution >= 4 is 28.4 Å². The Bertz CT molecular complexity index is 1470. The first-order valence-corrected chi connectivity index (χ1v) is 11.2. The molecule has 0 saturated carbocycles. The largest absolute Gasteiger partial charge is 0.493 e. The molecule has 35 heavy (non-hydrogen) atoms. The van der Waals surface area contributed by atoms with Crippen LogP contribution in [-0.2, 0) is 24.3 Å². The van der Waals surface area contributed by atoms with E-state index >= 15 is 0 Å². The lowest BCUT2D eigenvalue weighted by Gasteiger charge is -2.14. The number of rotatable bonds is 9. The summed E-state index contributed by atoms with van der Waals surface area (Å²) in [6.45, 7) is 0.0119. The summed E-state index contributed by atoms with van der Waals surface area (Å²) in [5.41, 5.74) is 0.127. The number of nitrogens with zero attached hydrogens (tertiary/aromatic N) is 2. The molecule has 0 atom stereocenters. The maximum Gasteiger partial charge on any atom is 0.332 e. The van der Waals surface area contributed by atoms with Crippen molar-refractivity contribution < 1.29 is 18.7 Å². The number of fused-ring (bicyclic) bond motifs is 1. The minimum absolute atomic E-state index is 0.0514. The molecule has 0 fully saturated rings. The fourth-order valence-electron chi connectivity index (χ4n) is 3.82. The van der Waals surface area contributed by atoms with Crippen LogP contribution in [0.3, 0.4) is 0 Å². The molecule has 10 heteroatoms. The first-order valence-electron chi connectivity index (χ1n) is 10.8. The van der Waals surface area contributed by atoms with Crippen molar-refractivity contribution in [3.63, 3.8) is 0 Å². The van der Waals surface area contributed by atoms with Crippen molar-refractivity contribution in [1.29, 1.82) is 0 Å². The zero-order valence-corrected chi connectivity index (χ0v) is 20.0. The van der Waals surface area contributed by atoms with Gasteiger partial charge in [0.05, 0.1) is 37.9 Å². The number of halogens is 1. The van der Waals surface area contributed by atoms with Crippen LogP contribution in [0.15, 0.2) is 68.8 Å². The van der Waals surface area contributed by atoms with E-state index < -0.39 is 11.2 Å². The molecular weight excluding hydrogens is 474 g/mol. The Morgan fingerprint density at radius 1 is 1.03 bits per heavy atom. The summed E-state index contributed by atoms with van der Waals surface area (Å²) in [4.78, 5) is 39.0. The summed E-state index contributed by atoms with van der Waals surface area (Å²) in [5, 5.41) is 3.45. The molecule has 182 valence electrons. The van der Waals surface area contributed by atoms with E-state index in [0.29, 0.717) is 40.8 Å². The Balaban J connectivity index is 1.56. The number of furan rings is 1. The minimum Gasteiger partial charge on any atom is -0.493 e. The molecule has 2 aromatic carbocycles. The summed E-state index contributed by atoms with van der Waals surface area (Å²) in [5.74, 6) is 1.29. The highest BCUT2D eigenvalue weighted by molar-refractivity contribution is 6.31. The molecule has 2 aromatic heterocycles. The number of nitrogens with one attached hydrogen (secondary N) is 1. The van der Waals surface area contributed by atoms with Crippen LogP contribution in [0.5, 0.6) is 11.5 Å². The summed E-state index contributed by atoms with van der Waals surface area (Å²) < 4.78 is 18.1. The lowest BCUT2D eigenvalue weighted by molar-refractivity contribution is -0.121. The molecule has 0 aliphatic carbocycles. The first-order chi connectivity index (χ1) is 16.9. The van der Waals surface area contributed by atoms with Crippen molar-refractivity contribution in [2.75, 3.05) is 20.8 Å². The molecule has 2 heterocycles. The monoisotopic (exact) mass is 497 g/mol. The molecule has 0 aliphatic heterocycles. The lowest BCUT2D eigenvalue weighted by atomic mass is 10.1. The molecule has 0 bridgehead atoms. The molecule has 0 spiro atoms. The second kappa shape index (κ2) is 10.5. The Labute approximate surface area is 205 Å². The minimum atomic E-state index is -0.629. The molecule has 0 saturated heterocycles. The van der Waals surface area contributed by atoms with E-state index in [9.17, 15) is 14.4 Å². The number of methoxy groups -OCH3 is 2. The van der Waals surface area contributed by atoms with Gasteiger partial charge in [0.1, 0.15) is 12.3 Å². The predicted octanol–water partition coefficient (Wildman–Crippen LogP) is 2.83.